The molecule has 2 aliphatic rings. The van der Waals surface area contributed by atoms with Crippen LogP contribution in [0.5, 0.6) is 0 Å². The van der Waals surface area contributed by atoms with E-state index in [0.29, 0.717) is 26.3 Å². The van der Waals surface area contributed by atoms with Gasteiger partial charge in [0.15, 0.2) is 0 Å². The first-order valence-electron chi connectivity index (χ1n) is 10.9. The molecule has 2 aromatic rings. The maximum atomic E-state index is 12.4. The second-order valence-electron chi connectivity index (χ2n) is 8.12. The van der Waals surface area contributed by atoms with Crippen LogP contribution in [-0.4, -0.2) is 61.1 Å². The molecular weight excluding hydrogens is 380 g/mol. The number of fused-ring (bicyclic) bond motifs is 1. The fourth-order valence-corrected chi connectivity index (χ4v) is 4.15. The Morgan fingerprint density at radius 1 is 1.03 bits per heavy atom. The van der Waals surface area contributed by atoms with Crippen LogP contribution in [0.15, 0.2) is 24.3 Å². The molecule has 0 spiro atoms. The Labute approximate surface area is 177 Å². The van der Waals surface area contributed by atoms with Gasteiger partial charge >= 0.3 is 0 Å². The molecule has 1 aromatic heterocycles. The fraction of sp³-hybridized carbons (Fsp3) is 0.522. The van der Waals surface area contributed by atoms with E-state index < -0.39 is 0 Å². The van der Waals surface area contributed by atoms with Gasteiger partial charge in [-0.1, -0.05) is 0 Å². The minimum absolute atomic E-state index is 0.0113. The predicted octanol–water partition coefficient (Wildman–Crippen LogP) is 3.11. The summed E-state index contributed by atoms with van der Waals surface area (Å²) in [5.41, 5.74) is 2.83. The maximum Gasteiger partial charge on any atom is 0.224 e. The van der Waals surface area contributed by atoms with Gasteiger partial charge < -0.3 is 19.9 Å². The molecule has 0 atom stereocenters. The van der Waals surface area contributed by atoms with E-state index in [0.717, 1.165) is 41.1 Å². The summed E-state index contributed by atoms with van der Waals surface area (Å²) < 4.78 is 5.26. The highest BCUT2D eigenvalue weighted by atomic mass is 16.5. The number of nitrogens with zero attached hydrogens (tertiary/aromatic N) is 3. The number of hydrogen-bond acceptors (Lipinski definition) is 5. The minimum atomic E-state index is -0.147. The van der Waals surface area contributed by atoms with Crippen molar-refractivity contribution in [3.63, 3.8) is 0 Å². The van der Waals surface area contributed by atoms with E-state index in [4.69, 9.17) is 9.72 Å². The van der Waals surface area contributed by atoms with Gasteiger partial charge in [0.1, 0.15) is 5.82 Å². The first-order chi connectivity index (χ1) is 14.6. The molecule has 160 valence electrons. The highest BCUT2D eigenvalue weighted by Gasteiger charge is 2.18. The van der Waals surface area contributed by atoms with Crippen molar-refractivity contribution >= 4 is 34.2 Å². The molecule has 7 heteroatoms. The third-order valence-corrected chi connectivity index (χ3v) is 5.90. The lowest BCUT2D eigenvalue weighted by Crippen LogP contribution is -2.40. The van der Waals surface area contributed by atoms with Gasteiger partial charge in [-0.3, -0.25) is 9.59 Å². The molecule has 3 heterocycles. The van der Waals surface area contributed by atoms with Crippen molar-refractivity contribution in [2.45, 2.75) is 39.0 Å². The highest BCUT2D eigenvalue weighted by molar-refractivity contribution is 5.96. The zero-order valence-electron chi connectivity index (χ0n) is 17.7. The van der Waals surface area contributed by atoms with E-state index in [2.05, 4.69) is 23.2 Å². The van der Waals surface area contributed by atoms with Gasteiger partial charge in [-0.05, 0) is 56.0 Å². The number of rotatable bonds is 5. The number of amides is 2. The molecule has 2 saturated heterocycles. The predicted molar refractivity (Wildman–Crippen MR) is 118 cm³/mol. The third-order valence-electron chi connectivity index (χ3n) is 5.90. The molecule has 2 amide bonds. The van der Waals surface area contributed by atoms with Gasteiger partial charge in [-0.2, -0.15) is 0 Å². The van der Waals surface area contributed by atoms with Gasteiger partial charge in [-0.15, -0.1) is 0 Å². The smallest absolute Gasteiger partial charge is 0.224 e. The molecule has 4 rings (SSSR count). The molecule has 7 nitrogen and oxygen atoms in total. The Kier molecular flexibility index (Phi) is 6.47. The monoisotopic (exact) mass is 410 g/mol. The van der Waals surface area contributed by atoms with E-state index in [-0.39, 0.29) is 24.7 Å². The van der Waals surface area contributed by atoms with Gasteiger partial charge in [0.05, 0.1) is 18.7 Å². The van der Waals surface area contributed by atoms with Crippen molar-refractivity contribution in [2.24, 2.45) is 0 Å². The molecule has 0 unspecified atom stereocenters. The number of carbonyl (C=O) groups excluding carboxylic acids is 2. The molecule has 0 saturated carbocycles. The summed E-state index contributed by atoms with van der Waals surface area (Å²) in [6, 6.07) is 7.96. The molecule has 0 bridgehead atoms. The number of aryl methyl sites for hydroxylation is 1. The van der Waals surface area contributed by atoms with Crippen LogP contribution in [0.1, 0.15) is 37.7 Å². The van der Waals surface area contributed by atoms with Crippen LogP contribution in [0.2, 0.25) is 0 Å². The quantitative estimate of drug-likeness (QED) is 0.820. The van der Waals surface area contributed by atoms with Gasteiger partial charge in [0.25, 0.3) is 0 Å². The molecule has 0 aliphatic carbocycles. The number of carbonyl (C=O) groups is 2. The Hall–Kier alpha value is -2.67. The van der Waals surface area contributed by atoms with Gasteiger partial charge in [-0.25, -0.2) is 4.98 Å². The van der Waals surface area contributed by atoms with Crippen molar-refractivity contribution in [3.05, 3.63) is 29.8 Å². The Bertz CT molecular complexity index is 918. The summed E-state index contributed by atoms with van der Waals surface area (Å²) in [6.07, 6.45) is 4.14. The zero-order valence-corrected chi connectivity index (χ0v) is 17.7. The van der Waals surface area contributed by atoms with Crippen molar-refractivity contribution in [2.75, 3.05) is 49.6 Å². The standard InChI is InChI=1S/C23H30N4O3/c1-17-15-21(26-9-3-2-4-10-26)25-20-6-5-18(16-19(17)20)24-22(28)7-8-23(29)27-11-13-30-14-12-27/h5-6,15-16H,2-4,7-14H2,1H3,(H,24,28). The summed E-state index contributed by atoms with van der Waals surface area (Å²) in [5, 5.41) is 3.96. The summed E-state index contributed by atoms with van der Waals surface area (Å²) >= 11 is 0. The lowest BCUT2D eigenvalue weighted by Gasteiger charge is -2.28. The van der Waals surface area contributed by atoms with Crippen LogP contribution in [0.3, 0.4) is 0 Å². The molecule has 2 fully saturated rings. The number of piperidine rings is 1. The molecular formula is C23H30N4O3. The summed E-state index contributed by atoms with van der Waals surface area (Å²) in [6.45, 7) is 6.58. The SMILES string of the molecule is Cc1cc(N2CCCCC2)nc2ccc(NC(=O)CCC(=O)N3CCOCC3)cc12. The maximum absolute atomic E-state index is 12.4. The van der Waals surface area contributed by atoms with E-state index in [1.165, 1.54) is 19.3 Å². The molecule has 1 aromatic carbocycles. The lowest BCUT2D eigenvalue weighted by molar-refractivity contribution is -0.136. The number of morpholine rings is 1. The first kappa shape index (κ1) is 20.6. The second kappa shape index (κ2) is 9.43. The van der Waals surface area contributed by atoms with Crippen LogP contribution >= 0.6 is 0 Å². The Balaban J connectivity index is 1.38. The average Bonchev–Trinajstić information content (AvgIpc) is 2.79. The lowest BCUT2D eigenvalue weighted by atomic mass is 10.1. The normalized spacial score (nSPS) is 17.2. The van der Waals surface area contributed by atoms with Crippen molar-refractivity contribution in [1.29, 1.82) is 0 Å². The van der Waals surface area contributed by atoms with E-state index in [9.17, 15) is 9.59 Å². The fourth-order valence-electron chi connectivity index (χ4n) is 4.15. The highest BCUT2D eigenvalue weighted by Crippen LogP contribution is 2.27. The van der Waals surface area contributed by atoms with E-state index >= 15 is 0 Å². The van der Waals surface area contributed by atoms with E-state index in [1.54, 1.807) is 4.90 Å². The first-order valence-corrected chi connectivity index (χ1v) is 10.9. The Morgan fingerprint density at radius 3 is 2.57 bits per heavy atom. The average molecular weight is 411 g/mol. The molecule has 2 aliphatic heterocycles. The van der Waals surface area contributed by atoms with Crippen molar-refractivity contribution in [1.82, 2.24) is 9.88 Å². The third kappa shape index (κ3) is 4.90. The van der Waals surface area contributed by atoms with Crippen molar-refractivity contribution < 1.29 is 14.3 Å². The van der Waals surface area contributed by atoms with Crippen LogP contribution in [-0.2, 0) is 14.3 Å². The molecule has 0 radical (unpaired) electrons. The van der Waals surface area contributed by atoms with Gasteiger partial charge in [0.2, 0.25) is 11.8 Å². The summed E-state index contributed by atoms with van der Waals surface area (Å²) in [5.74, 6) is 0.905. The number of anilines is 2. The minimum Gasteiger partial charge on any atom is -0.378 e. The van der Waals surface area contributed by atoms with Crippen molar-refractivity contribution in [3.8, 4) is 0 Å². The number of ether oxygens (including phenoxy) is 1. The number of pyridine rings is 1. The van der Waals surface area contributed by atoms with Crippen LogP contribution in [0.4, 0.5) is 11.5 Å². The summed E-state index contributed by atoms with van der Waals surface area (Å²) in [4.78, 5) is 33.5. The number of hydrogen-bond donors (Lipinski definition) is 1. The number of aromatic nitrogens is 1. The zero-order chi connectivity index (χ0) is 20.9. The largest absolute Gasteiger partial charge is 0.378 e. The van der Waals surface area contributed by atoms with Crippen LogP contribution < -0.4 is 10.2 Å². The topological polar surface area (TPSA) is 74.8 Å². The number of benzene rings is 1. The summed E-state index contributed by atoms with van der Waals surface area (Å²) in [7, 11) is 0. The Morgan fingerprint density at radius 2 is 1.80 bits per heavy atom. The van der Waals surface area contributed by atoms with Gasteiger partial charge in [0, 0.05) is 50.1 Å². The molecule has 1 N–H and O–H groups in total. The molecule has 30 heavy (non-hydrogen) atoms. The second-order valence-corrected chi connectivity index (χ2v) is 8.12. The number of nitrogens with one attached hydrogen (secondary N) is 1. The van der Waals surface area contributed by atoms with Crippen LogP contribution in [0.25, 0.3) is 10.9 Å². The van der Waals surface area contributed by atoms with E-state index in [1.807, 2.05) is 18.2 Å². The van der Waals surface area contributed by atoms with Crippen LogP contribution in [0, 0.1) is 6.92 Å².